The maximum Gasteiger partial charge on any atom is 0.242 e. The van der Waals surface area contributed by atoms with Crippen molar-refractivity contribution < 1.29 is 14.3 Å². The maximum atomic E-state index is 12.6. The molecular formula is C19H20Cl2N2O3. The number of hydrogen-bond acceptors (Lipinski definition) is 4. The highest BCUT2D eigenvalue weighted by Crippen LogP contribution is 2.33. The van der Waals surface area contributed by atoms with Crippen LogP contribution >= 0.6 is 23.2 Å². The Balaban J connectivity index is 1.68. The molecule has 2 aromatic carbocycles. The second-order valence-electron chi connectivity index (χ2n) is 6.00. The van der Waals surface area contributed by atoms with Gasteiger partial charge in [0.15, 0.2) is 11.5 Å². The highest BCUT2D eigenvalue weighted by molar-refractivity contribution is 6.43. The van der Waals surface area contributed by atoms with Gasteiger partial charge in [0.1, 0.15) is 0 Å². The van der Waals surface area contributed by atoms with Crippen LogP contribution in [0.25, 0.3) is 0 Å². The standard InChI is InChI=1S/C19H20Cl2N2O3/c1-25-16-8-12-6-7-23(11-13(12)9-17(16)26-2)18(24)10-22-15-5-3-4-14(20)19(15)21/h3-5,8-9,22H,6-7,10-11H2,1-2H3. The van der Waals surface area contributed by atoms with Gasteiger partial charge in [-0.3, -0.25) is 4.79 Å². The van der Waals surface area contributed by atoms with Crippen molar-refractivity contribution in [3.63, 3.8) is 0 Å². The molecule has 0 aliphatic carbocycles. The Bertz CT molecular complexity index is 827. The van der Waals surface area contributed by atoms with Gasteiger partial charge in [0.05, 0.1) is 36.5 Å². The van der Waals surface area contributed by atoms with Gasteiger partial charge in [-0.05, 0) is 41.8 Å². The van der Waals surface area contributed by atoms with Crippen molar-refractivity contribution >= 4 is 34.8 Å². The van der Waals surface area contributed by atoms with Crippen LogP contribution in [0.5, 0.6) is 11.5 Å². The van der Waals surface area contributed by atoms with E-state index >= 15 is 0 Å². The van der Waals surface area contributed by atoms with E-state index in [-0.39, 0.29) is 12.5 Å². The summed E-state index contributed by atoms with van der Waals surface area (Å²) in [7, 11) is 3.23. The predicted molar refractivity (Wildman–Crippen MR) is 104 cm³/mol. The molecule has 5 nitrogen and oxygen atoms in total. The van der Waals surface area contributed by atoms with Gasteiger partial charge in [0.25, 0.3) is 0 Å². The number of rotatable bonds is 5. The van der Waals surface area contributed by atoms with Crippen molar-refractivity contribution in [3.05, 3.63) is 51.5 Å². The van der Waals surface area contributed by atoms with Crippen LogP contribution in [0.15, 0.2) is 30.3 Å². The van der Waals surface area contributed by atoms with Gasteiger partial charge in [0, 0.05) is 13.1 Å². The minimum absolute atomic E-state index is 0.00137. The number of benzene rings is 2. The van der Waals surface area contributed by atoms with Gasteiger partial charge in [-0.15, -0.1) is 0 Å². The normalized spacial score (nSPS) is 13.2. The molecule has 1 heterocycles. The SMILES string of the molecule is COc1cc2c(cc1OC)CN(C(=O)CNc1cccc(Cl)c1Cl)CC2. The Kier molecular flexibility index (Phi) is 5.79. The molecule has 0 spiro atoms. The molecule has 1 N–H and O–H groups in total. The molecule has 0 fully saturated rings. The van der Waals surface area contributed by atoms with E-state index < -0.39 is 0 Å². The van der Waals surface area contributed by atoms with Gasteiger partial charge in [-0.1, -0.05) is 29.3 Å². The minimum atomic E-state index is 0.00137. The minimum Gasteiger partial charge on any atom is -0.493 e. The van der Waals surface area contributed by atoms with E-state index in [1.807, 2.05) is 17.0 Å². The van der Waals surface area contributed by atoms with Gasteiger partial charge < -0.3 is 19.7 Å². The number of amides is 1. The lowest BCUT2D eigenvalue weighted by atomic mass is 9.98. The Morgan fingerprint density at radius 1 is 1.15 bits per heavy atom. The third-order valence-electron chi connectivity index (χ3n) is 4.45. The lowest BCUT2D eigenvalue weighted by Gasteiger charge is -2.30. The van der Waals surface area contributed by atoms with Crippen molar-refractivity contribution in [3.8, 4) is 11.5 Å². The summed E-state index contributed by atoms with van der Waals surface area (Å²) in [6.45, 7) is 1.36. The summed E-state index contributed by atoms with van der Waals surface area (Å²) in [6, 6.07) is 9.22. The molecule has 7 heteroatoms. The Morgan fingerprint density at radius 2 is 1.85 bits per heavy atom. The molecule has 0 radical (unpaired) electrons. The van der Waals surface area contributed by atoms with E-state index in [0.717, 1.165) is 12.0 Å². The number of carbonyl (C=O) groups is 1. The first-order chi connectivity index (χ1) is 12.5. The molecule has 0 atom stereocenters. The average molecular weight is 395 g/mol. The first-order valence-electron chi connectivity index (χ1n) is 8.23. The average Bonchev–Trinajstić information content (AvgIpc) is 2.67. The van der Waals surface area contributed by atoms with Gasteiger partial charge >= 0.3 is 0 Å². The van der Waals surface area contributed by atoms with E-state index in [9.17, 15) is 4.79 Å². The monoisotopic (exact) mass is 394 g/mol. The van der Waals surface area contributed by atoms with Gasteiger partial charge in [-0.2, -0.15) is 0 Å². The van der Waals surface area contributed by atoms with E-state index in [0.29, 0.717) is 40.3 Å². The third kappa shape index (κ3) is 3.84. The molecule has 0 bridgehead atoms. The molecule has 0 saturated carbocycles. The highest BCUT2D eigenvalue weighted by atomic mass is 35.5. The van der Waals surface area contributed by atoms with Crippen molar-refractivity contribution in [1.82, 2.24) is 4.90 Å². The quantitative estimate of drug-likeness (QED) is 0.832. The third-order valence-corrected chi connectivity index (χ3v) is 5.27. The maximum absolute atomic E-state index is 12.6. The molecule has 138 valence electrons. The highest BCUT2D eigenvalue weighted by Gasteiger charge is 2.22. The van der Waals surface area contributed by atoms with Crippen molar-refractivity contribution in [2.75, 3.05) is 32.6 Å². The number of ether oxygens (including phenoxy) is 2. The molecule has 0 aromatic heterocycles. The van der Waals surface area contributed by atoms with E-state index in [2.05, 4.69) is 5.32 Å². The summed E-state index contributed by atoms with van der Waals surface area (Å²) >= 11 is 12.1. The lowest BCUT2D eigenvalue weighted by molar-refractivity contribution is -0.130. The number of methoxy groups -OCH3 is 2. The predicted octanol–water partition coefficient (Wildman–Crippen LogP) is 4.01. The Hall–Kier alpha value is -2.11. The molecule has 2 aromatic rings. The lowest BCUT2D eigenvalue weighted by Crippen LogP contribution is -2.39. The number of nitrogens with zero attached hydrogens (tertiary/aromatic N) is 1. The number of anilines is 1. The topological polar surface area (TPSA) is 50.8 Å². The second-order valence-corrected chi connectivity index (χ2v) is 6.78. The summed E-state index contributed by atoms with van der Waals surface area (Å²) < 4.78 is 10.7. The number of nitrogens with one attached hydrogen (secondary N) is 1. The number of fused-ring (bicyclic) bond motifs is 1. The smallest absolute Gasteiger partial charge is 0.242 e. The number of halogens is 2. The first-order valence-corrected chi connectivity index (χ1v) is 8.98. The largest absolute Gasteiger partial charge is 0.493 e. The number of carbonyl (C=O) groups excluding carboxylic acids is 1. The van der Waals surface area contributed by atoms with Gasteiger partial charge in [-0.25, -0.2) is 0 Å². The Morgan fingerprint density at radius 3 is 2.54 bits per heavy atom. The van der Waals surface area contributed by atoms with Crippen LogP contribution in [0, 0.1) is 0 Å². The fourth-order valence-corrected chi connectivity index (χ4v) is 3.39. The van der Waals surface area contributed by atoms with Crippen LogP contribution in [-0.4, -0.2) is 38.1 Å². The van der Waals surface area contributed by atoms with Crippen molar-refractivity contribution in [1.29, 1.82) is 0 Å². The fraction of sp³-hybridized carbons (Fsp3) is 0.316. The molecule has 0 saturated heterocycles. The zero-order valence-corrected chi connectivity index (χ0v) is 16.2. The molecule has 0 unspecified atom stereocenters. The zero-order chi connectivity index (χ0) is 18.7. The number of hydrogen-bond donors (Lipinski definition) is 1. The Labute approximate surface area is 162 Å². The van der Waals surface area contributed by atoms with Crippen LogP contribution < -0.4 is 14.8 Å². The first kappa shape index (κ1) is 18.7. The van der Waals surface area contributed by atoms with Crippen LogP contribution in [0.1, 0.15) is 11.1 Å². The van der Waals surface area contributed by atoms with E-state index in [4.69, 9.17) is 32.7 Å². The van der Waals surface area contributed by atoms with Crippen LogP contribution in [0.2, 0.25) is 10.0 Å². The molecule has 3 rings (SSSR count). The van der Waals surface area contributed by atoms with Crippen LogP contribution in [0.3, 0.4) is 0 Å². The summed E-state index contributed by atoms with van der Waals surface area (Å²) in [5.41, 5.74) is 2.90. The molecular weight excluding hydrogens is 375 g/mol. The molecule has 1 aliphatic heterocycles. The van der Waals surface area contributed by atoms with Crippen molar-refractivity contribution in [2.24, 2.45) is 0 Å². The summed E-state index contributed by atoms with van der Waals surface area (Å²) in [6.07, 6.45) is 0.777. The summed E-state index contributed by atoms with van der Waals surface area (Å²) in [4.78, 5) is 14.4. The molecule has 1 amide bonds. The zero-order valence-electron chi connectivity index (χ0n) is 14.6. The van der Waals surface area contributed by atoms with E-state index in [1.165, 1.54) is 5.56 Å². The second kappa shape index (κ2) is 8.06. The van der Waals surface area contributed by atoms with Crippen molar-refractivity contribution in [2.45, 2.75) is 13.0 Å². The fourth-order valence-electron chi connectivity index (χ4n) is 3.02. The molecule has 1 aliphatic rings. The molecule has 26 heavy (non-hydrogen) atoms. The van der Waals surface area contributed by atoms with E-state index in [1.54, 1.807) is 32.4 Å². The van der Waals surface area contributed by atoms with Gasteiger partial charge in [0.2, 0.25) is 5.91 Å². The van der Waals surface area contributed by atoms with Crippen LogP contribution in [0.4, 0.5) is 5.69 Å². The summed E-state index contributed by atoms with van der Waals surface area (Å²) in [5, 5.41) is 3.94. The summed E-state index contributed by atoms with van der Waals surface area (Å²) in [5.74, 6) is 1.38. The van der Waals surface area contributed by atoms with Crippen LogP contribution in [-0.2, 0) is 17.8 Å².